The third-order valence-electron chi connectivity index (χ3n) is 3.75. The lowest BCUT2D eigenvalue weighted by molar-refractivity contribution is -0.123. The van der Waals surface area contributed by atoms with Gasteiger partial charge in [0.05, 0.1) is 5.71 Å². The molecule has 0 aromatic heterocycles. The van der Waals surface area contributed by atoms with Crippen LogP contribution >= 0.6 is 11.6 Å². The van der Waals surface area contributed by atoms with Crippen LogP contribution in [-0.4, -0.2) is 18.2 Å². The fourth-order valence-electron chi connectivity index (χ4n) is 2.36. The number of hydrazone groups is 1. The highest BCUT2D eigenvalue weighted by Gasteiger charge is 2.05. The zero-order chi connectivity index (χ0) is 18.2. The number of hydrogen-bond acceptors (Lipinski definition) is 3. The minimum atomic E-state index is -0.309. The van der Waals surface area contributed by atoms with Gasteiger partial charge in [-0.3, -0.25) is 4.79 Å². The van der Waals surface area contributed by atoms with Crippen molar-refractivity contribution in [1.29, 1.82) is 0 Å². The number of carbonyl (C=O) groups excluding carboxylic acids is 1. The first-order valence-electron chi connectivity index (χ1n) is 8.31. The van der Waals surface area contributed by atoms with Crippen molar-refractivity contribution in [1.82, 2.24) is 5.43 Å². The van der Waals surface area contributed by atoms with Gasteiger partial charge in [0.15, 0.2) is 6.61 Å². The van der Waals surface area contributed by atoms with E-state index in [4.69, 9.17) is 16.3 Å². The molecule has 1 N–H and O–H groups in total. The highest BCUT2D eigenvalue weighted by atomic mass is 35.5. The minimum Gasteiger partial charge on any atom is -0.483 e. The van der Waals surface area contributed by atoms with Crippen molar-refractivity contribution >= 4 is 23.2 Å². The van der Waals surface area contributed by atoms with Crippen molar-refractivity contribution in [2.45, 2.75) is 33.6 Å². The Balaban J connectivity index is 1.88. The average molecular weight is 359 g/mol. The molecule has 0 heterocycles. The smallest absolute Gasteiger partial charge is 0.277 e. The van der Waals surface area contributed by atoms with Gasteiger partial charge < -0.3 is 4.74 Å². The van der Waals surface area contributed by atoms with Crippen LogP contribution in [0.15, 0.2) is 47.6 Å². The fourth-order valence-corrected chi connectivity index (χ4v) is 2.59. The number of rotatable bonds is 7. The van der Waals surface area contributed by atoms with Crippen LogP contribution in [0.25, 0.3) is 0 Å². The molecule has 0 radical (unpaired) electrons. The predicted molar refractivity (Wildman–Crippen MR) is 102 cm³/mol. The minimum absolute atomic E-state index is 0.102. The van der Waals surface area contributed by atoms with E-state index in [0.29, 0.717) is 10.8 Å². The van der Waals surface area contributed by atoms with Crippen molar-refractivity contribution in [2.24, 2.45) is 5.10 Å². The Kier molecular flexibility index (Phi) is 7.02. The fraction of sp³-hybridized carbons (Fsp3) is 0.300. The van der Waals surface area contributed by atoms with Gasteiger partial charge >= 0.3 is 0 Å². The molecule has 0 unspecified atom stereocenters. The molecule has 0 aliphatic heterocycles. The Hall–Kier alpha value is -2.33. The monoisotopic (exact) mass is 358 g/mol. The summed E-state index contributed by atoms with van der Waals surface area (Å²) in [6.45, 7) is 5.79. The number of halogens is 1. The average Bonchev–Trinajstić information content (AvgIpc) is 2.60. The molecule has 0 aliphatic carbocycles. The van der Waals surface area contributed by atoms with Crippen LogP contribution in [0.2, 0.25) is 5.02 Å². The molecule has 5 heteroatoms. The zero-order valence-corrected chi connectivity index (χ0v) is 15.6. The first kappa shape index (κ1) is 19.0. The Morgan fingerprint density at radius 2 is 1.92 bits per heavy atom. The Labute approximate surface area is 153 Å². The molecular formula is C20H23ClN2O2. The number of nitrogens with one attached hydrogen (secondary N) is 1. The lowest BCUT2D eigenvalue weighted by Gasteiger charge is -2.09. The first-order valence-corrected chi connectivity index (χ1v) is 8.68. The van der Waals surface area contributed by atoms with E-state index >= 15 is 0 Å². The van der Waals surface area contributed by atoms with Crippen molar-refractivity contribution in [3.8, 4) is 5.75 Å². The van der Waals surface area contributed by atoms with Gasteiger partial charge in [-0.25, -0.2) is 5.43 Å². The SMILES string of the molecule is CCCc1ccc(/C(C)=N/NC(=O)COc2ccc(Cl)cc2C)cc1. The summed E-state index contributed by atoms with van der Waals surface area (Å²) >= 11 is 5.90. The summed E-state index contributed by atoms with van der Waals surface area (Å²) in [6, 6.07) is 13.5. The molecule has 132 valence electrons. The number of nitrogens with zero attached hydrogens (tertiary/aromatic N) is 1. The van der Waals surface area contributed by atoms with E-state index < -0.39 is 0 Å². The van der Waals surface area contributed by atoms with E-state index in [1.165, 1.54) is 5.56 Å². The standard InChI is InChI=1S/C20H23ClN2O2/c1-4-5-16-6-8-17(9-7-16)15(3)22-23-20(24)13-25-19-11-10-18(21)12-14(19)2/h6-12H,4-5,13H2,1-3H3,(H,23,24)/b22-15+. The second-order valence-electron chi connectivity index (χ2n) is 5.88. The molecule has 2 aromatic carbocycles. The molecule has 4 nitrogen and oxygen atoms in total. The first-order chi connectivity index (χ1) is 12.0. The van der Waals surface area contributed by atoms with Crippen molar-refractivity contribution in [3.05, 3.63) is 64.2 Å². The third kappa shape index (κ3) is 5.91. The quantitative estimate of drug-likeness (QED) is 0.584. The summed E-state index contributed by atoms with van der Waals surface area (Å²) in [4.78, 5) is 11.9. The number of hydrogen-bond donors (Lipinski definition) is 1. The molecular weight excluding hydrogens is 336 g/mol. The number of carbonyl (C=O) groups is 1. The second kappa shape index (κ2) is 9.23. The predicted octanol–water partition coefficient (Wildman–Crippen LogP) is 4.52. The van der Waals surface area contributed by atoms with Gasteiger partial charge in [-0.2, -0.15) is 5.10 Å². The summed E-state index contributed by atoms with van der Waals surface area (Å²) in [5.74, 6) is 0.322. The lowest BCUT2D eigenvalue weighted by atomic mass is 10.1. The summed E-state index contributed by atoms with van der Waals surface area (Å²) in [6.07, 6.45) is 2.18. The van der Waals surface area contributed by atoms with Gasteiger partial charge in [0, 0.05) is 5.02 Å². The van der Waals surface area contributed by atoms with Crippen LogP contribution in [0.3, 0.4) is 0 Å². The summed E-state index contributed by atoms with van der Waals surface area (Å²) in [5, 5.41) is 4.77. The van der Waals surface area contributed by atoms with Crippen molar-refractivity contribution in [2.75, 3.05) is 6.61 Å². The summed E-state index contributed by atoms with van der Waals surface area (Å²) in [7, 11) is 0. The zero-order valence-electron chi connectivity index (χ0n) is 14.8. The van der Waals surface area contributed by atoms with Gasteiger partial charge in [-0.05, 0) is 55.2 Å². The largest absolute Gasteiger partial charge is 0.483 e. The number of aryl methyl sites for hydroxylation is 2. The van der Waals surface area contributed by atoms with Gasteiger partial charge in [-0.1, -0.05) is 49.2 Å². The Morgan fingerprint density at radius 1 is 1.20 bits per heavy atom. The Morgan fingerprint density at radius 3 is 2.56 bits per heavy atom. The molecule has 0 atom stereocenters. The maximum Gasteiger partial charge on any atom is 0.277 e. The van der Waals surface area contributed by atoms with E-state index in [9.17, 15) is 4.79 Å². The van der Waals surface area contributed by atoms with E-state index in [-0.39, 0.29) is 12.5 Å². The summed E-state index contributed by atoms with van der Waals surface area (Å²) in [5.41, 5.74) is 6.43. The number of benzene rings is 2. The maximum atomic E-state index is 11.9. The molecule has 0 saturated heterocycles. The molecule has 0 saturated carbocycles. The van der Waals surface area contributed by atoms with Gasteiger partial charge in [-0.15, -0.1) is 0 Å². The molecule has 1 amide bonds. The van der Waals surface area contributed by atoms with Gasteiger partial charge in [0.2, 0.25) is 0 Å². The molecule has 2 aromatic rings. The van der Waals surface area contributed by atoms with Gasteiger partial charge in [0.1, 0.15) is 5.75 Å². The van der Waals surface area contributed by atoms with Crippen LogP contribution in [-0.2, 0) is 11.2 Å². The van der Waals surface area contributed by atoms with Crippen LogP contribution in [0.5, 0.6) is 5.75 Å². The second-order valence-corrected chi connectivity index (χ2v) is 6.31. The van der Waals surface area contributed by atoms with Crippen LogP contribution in [0, 0.1) is 6.92 Å². The molecule has 0 fully saturated rings. The summed E-state index contributed by atoms with van der Waals surface area (Å²) < 4.78 is 5.49. The van der Waals surface area contributed by atoms with Crippen LogP contribution in [0.1, 0.15) is 37.0 Å². The third-order valence-corrected chi connectivity index (χ3v) is 3.99. The Bertz CT molecular complexity index is 755. The molecule has 25 heavy (non-hydrogen) atoms. The van der Waals surface area contributed by atoms with Gasteiger partial charge in [0.25, 0.3) is 5.91 Å². The maximum absolute atomic E-state index is 11.9. The van der Waals surface area contributed by atoms with Crippen molar-refractivity contribution in [3.63, 3.8) is 0 Å². The van der Waals surface area contributed by atoms with Crippen LogP contribution < -0.4 is 10.2 Å². The van der Waals surface area contributed by atoms with E-state index in [2.05, 4.69) is 29.6 Å². The normalized spacial score (nSPS) is 11.3. The topological polar surface area (TPSA) is 50.7 Å². The van der Waals surface area contributed by atoms with E-state index in [1.807, 2.05) is 26.0 Å². The lowest BCUT2D eigenvalue weighted by Crippen LogP contribution is -2.25. The van der Waals surface area contributed by atoms with E-state index in [0.717, 1.165) is 29.7 Å². The molecule has 0 aliphatic rings. The highest BCUT2D eigenvalue weighted by Crippen LogP contribution is 2.21. The highest BCUT2D eigenvalue weighted by molar-refractivity contribution is 6.30. The molecule has 0 bridgehead atoms. The van der Waals surface area contributed by atoms with Crippen LogP contribution in [0.4, 0.5) is 0 Å². The molecule has 0 spiro atoms. The number of amides is 1. The molecule has 2 rings (SSSR count). The van der Waals surface area contributed by atoms with E-state index in [1.54, 1.807) is 18.2 Å². The number of ether oxygens (including phenoxy) is 1. The van der Waals surface area contributed by atoms with Crippen molar-refractivity contribution < 1.29 is 9.53 Å².